The van der Waals surface area contributed by atoms with Gasteiger partial charge in [0, 0.05) is 11.6 Å². The summed E-state index contributed by atoms with van der Waals surface area (Å²) in [5.74, 6) is -0.791. The van der Waals surface area contributed by atoms with Crippen LogP contribution >= 0.6 is 12.4 Å². The Balaban J connectivity index is 0.00000196. The van der Waals surface area contributed by atoms with E-state index in [0.29, 0.717) is 12.3 Å². The molecule has 0 aliphatic carbocycles. The summed E-state index contributed by atoms with van der Waals surface area (Å²) in [6.45, 7) is 3.94. The standard InChI is InChI=1S/C11H15F2N.ClH/c1-7(2)6-10(14)11-8(12)4-3-5-9(11)13;/h3-5,7,10H,6,14H2,1-2H3;1H/t10-;/m0./s1. The van der Waals surface area contributed by atoms with Crippen LogP contribution in [0.25, 0.3) is 0 Å². The highest BCUT2D eigenvalue weighted by Crippen LogP contribution is 2.23. The number of halogens is 3. The number of benzene rings is 1. The second-order valence-electron chi connectivity index (χ2n) is 3.87. The van der Waals surface area contributed by atoms with Crippen LogP contribution in [0.5, 0.6) is 0 Å². The fraction of sp³-hybridized carbons (Fsp3) is 0.455. The molecule has 15 heavy (non-hydrogen) atoms. The zero-order valence-electron chi connectivity index (χ0n) is 8.84. The third-order valence-corrected chi connectivity index (χ3v) is 2.10. The summed E-state index contributed by atoms with van der Waals surface area (Å²) < 4.78 is 26.5. The summed E-state index contributed by atoms with van der Waals surface area (Å²) in [6, 6.07) is 3.25. The molecule has 0 heterocycles. The van der Waals surface area contributed by atoms with Crippen LogP contribution in [0, 0.1) is 17.6 Å². The molecule has 0 aliphatic rings. The summed E-state index contributed by atoms with van der Waals surface area (Å²) in [7, 11) is 0. The first-order valence-corrected chi connectivity index (χ1v) is 4.72. The minimum Gasteiger partial charge on any atom is -0.324 e. The van der Waals surface area contributed by atoms with Gasteiger partial charge in [-0.3, -0.25) is 0 Å². The molecule has 0 unspecified atom stereocenters. The molecule has 0 amide bonds. The molecule has 0 aliphatic heterocycles. The molecule has 1 atom stereocenters. The van der Waals surface area contributed by atoms with E-state index >= 15 is 0 Å². The zero-order valence-corrected chi connectivity index (χ0v) is 9.65. The Bertz CT molecular complexity index is 295. The number of hydrogen-bond donors (Lipinski definition) is 1. The van der Waals surface area contributed by atoms with Gasteiger partial charge in [-0.25, -0.2) is 8.78 Å². The van der Waals surface area contributed by atoms with Crippen molar-refractivity contribution >= 4 is 12.4 Å². The Labute approximate surface area is 95.1 Å². The van der Waals surface area contributed by atoms with E-state index in [2.05, 4.69) is 0 Å². The summed E-state index contributed by atoms with van der Waals surface area (Å²) in [5, 5.41) is 0. The molecule has 0 aromatic heterocycles. The number of rotatable bonds is 3. The van der Waals surface area contributed by atoms with Crippen molar-refractivity contribution in [1.82, 2.24) is 0 Å². The molecule has 0 fully saturated rings. The maximum Gasteiger partial charge on any atom is 0.130 e. The van der Waals surface area contributed by atoms with Crippen LogP contribution in [0.1, 0.15) is 31.9 Å². The number of hydrogen-bond acceptors (Lipinski definition) is 1. The first kappa shape index (κ1) is 14.3. The average Bonchev–Trinajstić information content (AvgIpc) is 2.01. The van der Waals surface area contributed by atoms with Crippen LogP contribution in [-0.2, 0) is 0 Å². The largest absolute Gasteiger partial charge is 0.324 e. The van der Waals surface area contributed by atoms with Gasteiger partial charge in [-0.2, -0.15) is 0 Å². The fourth-order valence-corrected chi connectivity index (χ4v) is 1.49. The molecule has 1 aromatic rings. The first-order valence-electron chi connectivity index (χ1n) is 4.72. The van der Waals surface area contributed by atoms with E-state index in [1.807, 2.05) is 13.8 Å². The highest BCUT2D eigenvalue weighted by molar-refractivity contribution is 5.85. The quantitative estimate of drug-likeness (QED) is 0.854. The minimum atomic E-state index is -0.559. The maximum absolute atomic E-state index is 13.2. The average molecular weight is 236 g/mol. The van der Waals surface area contributed by atoms with Gasteiger partial charge in [-0.1, -0.05) is 19.9 Å². The van der Waals surface area contributed by atoms with Gasteiger partial charge in [0.2, 0.25) is 0 Å². The Kier molecular flexibility index (Phi) is 5.76. The molecular formula is C11H16ClF2N. The molecule has 0 spiro atoms. The zero-order chi connectivity index (χ0) is 10.7. The Morgan fingerprint density at radius 2 is 1.67 bits per heavy atom. The molecule has 0 saturated carbocycles. The lowest BCUT2D eigenvalue weighted by atomic mass is 9.97. The summed E-state index contributed by atoms with van der Waals surface area (Å²) in [5.41, 5.74) is 5.72. The normalized spacial score (nSPS) is 12.4. The van der Waals surface area contributed by atoms with Gasteiger partial charge < -0.3 is 5.73 Å². The molecular weight excluding hydrogens is 220 g/mol. The second kappa shape index (κ2) is 6.03. The van der Waals surface area contributed by atoms with Crippen LogP contribution in [-0.4, -0.2) is 0 Å². The van der Waals surface area contributed by atoms with E-state index in [1.165, 1.54) is 18.2 Å². The van der Waals surface area contributed by atoms with Gasteiger partial charge >= 0.3 is 0 Å². The van der Waals surface area contributed by atoms with Crippen LogP contribution in [0.3, 0.4) is 0 Å². The van der Waals surface area contributed by atoms with Crippen molar-refractivity contribution in [2.45, 2.75) is 26.3 Å². The van der Waals surface area contributed by atoms with Crippen molar-refractivity contribution in [3.63, 3.8) is 0 Å². The SMILES string of the molecule is CC(C)C[C@H](N)c1c(F)cccc1F.Cl. The highest BCUT2D eigenvalue weighted by Gasteiger charge is 2.16. The van der Waals surface area contributed by atoms with E-state index in [1.54, 1.807) is 0 Å². The first-order chi connectivity index (χ1) is 6.52. The smallest absolute Gasteiger partial charge is 0.130 e. The Morgan fingerprint density at radius 3 is 2.07 bits per heavy atom. The summed E-state index contributed by atoms with van der Waals surface area (Å²) >= 11 is 0. The summed E-state index contributed by atoms with van der Waals surface area (Å²) in [6.07, 6.45) is 0.581. The summed E-state index contributed by atoms with van der Waals surface area (Å²) in [4.78, 5) is 0. The van der Waals surface area contributed by atoms with E-state index in [4.69, 9.17) is 5.73 Å². The maximum atomic E-state index is 13.2. The van der Waals surface area contributed by atoms with Crippen LogP contribution in [0.15, 0.2) is 18.2 Å². The van der Waals surface area contributed by atoms with Gasteiger partial charge in [0.15, 0.2) is 0 Å². The third kappa shape index (κ3) is 3.76. The van der Waals surface area contributed by atoms with Crippen molar-refractivity contribution < 1.29 is 8.78 Å². The molecule has 2 N–H and O–H groups in total. The molecule has 1 aromatic carbocycles. The molecule has 86 valence electrons. The van der Waals surface area contributed by atoms with Crippen molar-refractivity contribution in [2.24, 2.45) is 11.7 Å². The van der Waals surface area contributed by atoms with Crippen molar-refractivity contribution in [3.05, 3.63) is 35.4 Å². The van der Waals surface area contributed by atoms with Crippen LogP contribution in [0.2, 0.25) is 0 Å². The third-order valence-electron chi connectivity index (χ3n) is 2.10. The Hall–Kier alpha value is -0.670. The predicted octanol–water partition coefficient (Wildman–Crippen LogP) is 3.43. The highest BCUT2D eigenvalue weighted by atomic mass is 35.5. The molecule has 1 nitrogen and oxygen atoms in total. The van der Waals surface area contributed by atoms with Crippen molar-refractivity contribution in [2.75, 3.05) is 0 Å². The van der Waals surface area contributed by atoms with E-state index in [9.17, 15) is 8.78 Å². The van der Waals surface area contributed by atoms with Crippen LogP contribution in [0.4, 0.5) is 8.78 Å². The molecule has 4 heteroatoms. The predicted molar refractivity (Wildman–Crippen MR) is 60.0 cm³/mol. The van der Waals surface area contributed by atoms with Gasteiger partial charge in [-0.05, 0) is 24.5 Å². The Morgan fingerprint density at radius 1 is 1.20 bits per heavy atom. The molecule has 1 rings (SSSR count). The number of nitrogens with two attached hydrogens (primary N) is 1. The lowest BCUT2D eigenvalue weighted by Gasteiger charge is -2.15. The van der Waals surface area contributed by atoms with Gasteiger partial charge in [0.05, 0.1) is 0 Å². The molecule has 0 bridgehead atoms. The lowest BCUT2D eigenvalue weighted by molar-refractivity contribution is 0.463. The van der Waals surface area contributed by atoms with E-state index in [-0.39, 0.29) is 18.0 Å². The molecule has 0 saturated heterocycles. The lowest BCUT2D eigenvalue weighted by Crippen LogP contribution is -2.16. The van der Waals surface area contributed by atoms with Gasteiger partial charge in [-0.15, -0.1) is 12.4 Å². The second-order valence-corrected chi connectivity index (χ2v) is 3.87. The molecule has 0 radical (unpaired) electrons. The van der Waals surface area contributed by atoms with Crippen molar-refractivity contribution in [3.8, 4) is 0 Å². The van der Waals surface area contributed by atoms with Gasteiger partial charge in [0.25, 0.3) is 0 Å². The van der Waals surface area contributed by atoms with Gasteiger partial charge in [0.1, 0.15) is 11.6 Å². The topological polar surface area (TPSA) is 26.0 Å². The monoisotopic (exact) mass is 235 g/mol. The van der Waals surface area contributed by atoms with Crippen LogP contribution < -0.4 is 5.73 Å². The fourth-order valence-electron chi connectivity index (χ4n) is 1.49. The van der Waals surface area contributed by atoms with Crippen molar-refractivity contribution in [1.29, 1.82) is 0 Å². The minimum absolute atomic E-state index is 0. The van der Waals surface area contributed by atoms with E-state index < -0.39 is 17.7 Å². The van der Waals surface area contributed by atoms with E-state index in [0.717, 1.165) is 0 Å².